The summed E-state index contributed by atoms with van der Waals surface area (Å²) < 4.78 is 5.68. The number of hydrogen-bond donors (Lipinski definition) is 0. The molecule has 0 N–H and O–H groups in total. The number of nitrogens with zero attached hydrogens (tertiary/aromatic N) is 3. The van der Waals surface area contributed by atoms with Crippen LogP contribution in [0, 0.1) is 20.8 Å². The van der Waals surface area contributed by atoms with E-state index in [9.17, 15) is 4.79 Å². The molecular formula is C18H23N3O2S. The Labute approximate surface area is 147 Å². The Hall–Kier alpha value is -2.08. The summed E-state index contributed by atoms with van der Waals surface area (Å²) in [5.41, 5.74) is 2.98. The van der Waals surface area contributed by atoms with Gasteiger partial charge in [-0.05, 0) is 44.5 Å². The second-order valence-electron chi connectivity index (χ2n) is 5.70. The van der Waals surface area contributed by atoms with Crippen LogP contribution < -0.4 is 4.74 Å². The van der Waals surface area contributed by atoms with E-state index >= 15 is 0 Å². The predicted octanol–water partition coefficient (Wildman–Crippen LogP) is 3.03. The van der Waals surface area contributed by atoms with E-state index in [1.54, 1.807) is 11.9 Å². The van der Waals surface area contributed by atoms with E-state index in [0.717, 1.165) is 22.7 Å². The van der Waals surface area contributed by atoms with Crippen LogP contribution in [0.2, 0.25) is 0 Å². The van der Waals surface area contributed by atoms with Gasteiger partial charge in [0.1, 0.15) is 12.4 Å². The van der Waals surface area contributed by atoms with E-state index in [-0.39, 0.29) is 5.91 Å². The zero-order valence-electron chi connectivity index (χ0n) is 14.6. The molecule has 0 aliphatic heterocycles. The van der Waals surface area contributed by atoms with Gasteiger partial charge in [0, 0.05) is 18.4 Å². The molecule has 0 aliphatic carbocycles. The van der Waals surface area contributed by atoms with Gasteiger partial charge < -0.3 is 9.64 Å². The number of hydrogen-bond acceptors (Lipinski definition) is 5. The smallest absolute Gasteiger partial charge is 0.232 e. The highest BCUT2D eigenvalue weighted by atomic mass is 32.2. The zero-order chi connectivity index (χ0) is 17.5. The van der Waals surface area contributed by atoms with Crippen molar-refractivity contribution in [1.29, 1.82) is 0 Å². The summed E-state index contributed by atoms with van der Waals surface area (Å²) in [5.74, 6) is 1.19. The number of aromatic nitrogens is 2. The Morgan fingerprint density at radius 2 is 1.88 bits per heavy atom. The monoisotopic (exact) mass is 345 g/mol. The van der Waals surface area contributed by atoms with Gasteiger partial charge in [0.25, 0.3) is 0 Å². The molecule has 1 aromatic carbocycles. The second-order valence-corrected chi connectivity index (χ2v) is 6.64. The highest BCUT2D eigenvalue weighted by Crippen LogP contribution is 2.15. The summed E-state index contributed by atoms with van der Waals surface area (Å²) in [7, 11) is 1.78. The number of amides is 1. The fraction of sp³-hybridized carbons (Fsp3) is 0.389. The maximum atomic E-state index is 12.2. The number of likely N-dealkylation sites (N-methyl/N-ethyl adjacent to an activating group) is 1. The lowest BCUT2D eigenvalue weighted by Gasteiger charge is -2.17. The third-order valence-electron chi connectivity index (χ3n) is 3.40. The molecule has 2 rings (SSSR count). The Bertz CT molecular complexity index is 686. The summed E-state index contributed by atoms with van der Waals surface area (Å²) in [6, 6.07) is 9.80. The van der Waals surface area contributed by atoms with Gasteiger partial charge in [0.2, 0.25) is 5.91 Å². The number of ether oxygens (including phenoxy) is 1. The van der Waals surface area contributed by atoms with E-state index < -0.39 is 0 Å². The third kappa shape index (κ3) is 5.85. The van der Waals surface area contributed by atoms with Crippen molar-refractivity contribution in [3.8, 4) is 5.75 Å². The molecule has 0 fully saturated rings. The van der Waals surface area contributed by atoms with Gasteiger partial charge in [-0.15, -0.1) is 0 Å². The molecule has 2 aromatic rings. The molecule has 1 heterocycles. The minimum Gasteiger partial charge on any atom is -0.492 e. The molecule has 128 valence electrons. The highest BCUT2D eigenvalue weighted by Gasteiger charge is 2.11. The van der Waals surface area contributed by atoms with Gasteiger partial charge in [-0.3, -0.25) is 4.79 Å². The summed E-state index contributed by atoms with van der Waals surface area (Å²) in [5, 5.41) is 0.644. The molecule has 0 aliphatic rings. The van der Waals surface area contributed by atoms with Crippen molar-refractivity contribution >= 4 is 17.7 Å². The third-order valence-corrected chi connectivity index (χ3v) is 4.23. The van der Waals surface area contributed by atoms with E-state index in [2.05, 4.69) is 9.97 Å². The van der Waals surface area contributed by atoms with Gasteiger partial charge in [-0.1, -0.05) is 23.9 Å². The average molecular weight is 345 g/mol. The second kappa shape index (κ2) is 8.68. The molecule has 24 heavy (non-hydrogen) atoms. The molecule has 5 nitrogen and oxygen atoms in total. The normalized spacial score (nSPS) is 10.5. The molecule has 6 heteroatoms. The maximum absolute atomic E-state index is 12.2. The SMILES string of the molecule is Cc1cccc(OCCN(C)C(=O)CSc2nc(C)cc(C)n2)c1. The van der Waals surface area contributed by atoms with Crippen molar-refractivity contribution in [2.24, 2.45) is 0 Å². The van der Waals surface area contributed by atoms with Gasteiger partial charge in [-0.25, -0.2) is 9.97 Å². The maximum Gasteiger partial charge on any atom is 0.232 e. The number of benzene rings is 1. The lowest BCUT2D eigenvalue weighted by atomic mass is 10.2. The summed E-state index contributed by atoms with van der Waals surface area (Å²) in [4.78, 5) is 22.5. The standard InChI is InChI=1S/C18H23N3O2S/c1-13-6-5-7-16(10-13)23-9-8-21(4)17(22)12-24-18-19-14(2)11-15(3)20-18/h5-7,10-11H,8-9,12H2,1-4H3. The summed E-state index contributed by atoms with van der Waals surface area (Å²) in [6.45, 7) is 6.89. The first kappa shape index (κ1) is 18.3. The summed E-state index contributed by atoms with van der Waals surface area (Å²) >= 11 is 1.36. The van der Waals surface area contributed by atoms with Gasteiger partial charge in [0.05, 0.1) is 12.3 Å². The van der Waals surface area contributed by atoms with Crippen molar-refractivity contribution < 1.29 is 9.53 Å². The first-order valence-electron chi connectivity index (χ1n) is 7.82. The molecule has 0 bridgehead atoms. The fourth-order valence-corrected chi connectivity index (χ4v) is 3.01. The van der Waals surface area contributed by atoms with Crippen molar-refractivity contribution in [3.05, 3.63) is 47.3 Å². The number of rotatable bonds is 7. The van der Waals surface area contributed by atoms with E-state index in [1.165, 1.54) is 11.8 Å². The zero-order valence-corrected chi connectivity index (χ0v) is 15.4. The Morgan fingerprint density at radius 1 is 1.17 bits per heavy atom. The van der Waals surface area contributed by atoms with Crippen LogP contribution in [0.15, 0.2) is 35.5 Å². The molecule has 0 unspecified atom stereocenters. The number of carbonyl (C=O) groups is 1. The van der Waals surface area contributed by atoms with Crippen LogP contribution in [-0.4, -0.2) is 46.7 Å². The Morgan fingerprint density at radius 3 is 2.54 bits per heavy atom. The Kier molecular flexibility index (Phi) is 6.61. The van der Waals surface area contributed by atoms with E-state index in [4.69, 9.17) is 4.74 Å². The van der Waals surface area contributed by atoms with Crippen molar-refractivity contribution in [1.82, 2.24) is 14.9 Å². The molecular weight excluding hydrogens is 322 g/mol. The van der Waals surface area contributed by atoms with Crippen LogP contribution in [0.4, 0.5) is 0 Å². The molecule has 1 amide bonds. The summed E-state index contributed by atoms with van der Waals surface area (Å²) in [6.07, 6.45) is 0. The minimum atomic E-state index is 0.0376. The van der Waals surface area contributed by atoms with Gasteiger partial charge in [-0.2, -0.15) is 0 Å². The first-order chi connectivity index (χ1) is 11.4. The van der Waals surface area contributed by atoms with Crippen molar-refractivity contribution in [2.45, 2.75) is 25.9 Å². The quantitative estimate of drug-likeness (QED) is 0.570. The van der Waals surface area contributed by atoms with Crippen LogP contribution in [0.5, 0.6) is 5.75 Å². The molecule has 0 saturated carbocycles. The lowest BCUT2D eigenvalue weighted by molar-refractivity contribution is -0.127. The fourth-order valence-electron chi connectivity index (χ4n) is 2.12. The Balaban J connectivity index is 1.75. The molecule has 1 aromatic heterocycles. The van der Waals surface area contributed by atoms with Crippen molar-refractivity contribution in [2.75, 3.05) is 26.0 Å². The van der Waals surface area contributed by atoms with Gasteiger partial charge >= 0.3 is 0 Å². The molecule has 0 spiro atoms. The topological polar surface area (TPSA) is 55.3 Å². The van der Waals surface area contributed by atoms with Crippen molar-refractivity contribution in [3.63, 3.8) is 0 Å². The minimum absolute atomic E-state index is 0.0376. The number of aryl methyl sites for hydroxylation is 3. The number of carbonyl (C=O) groups excluding carboxylic acids is 1. The van der Waals surface area contributed by atoms with Gasteiger partial charge in [0.15, 0.2) is 5.16 Å². The van der Waals surface area contributed by atoms with Crippen LogP contribution in [0.3, 0.4) is 0 Å². The average Bonchev–Trinajstić information content (AvgIpc) is 2.51. The molecule has 0 radical (unpaired) electrons. The number of thioether (sulfide) groups is 1. The van der Waals surface area contributed by atoms with E-state index in [1.807, 2.05) is 51.1 Å². The predicted molar refractivity (Wildman–Crippen MR) is 96.5 cm³/mol. The van der Waals surface area contributed by atoms with E-state index in [0.29, 0.717) is 24.1 Å². The molecule has 0 saturated heterocycles. The van der Waals surface area contributed by atoms with Crippen LogP contribution in [0.25, 0.3) is 0 Å². The first-order valence-corrected chi connectivity index (χ1v) is 8.81. The van der Waals surface area contributed by atoms with Crippen LogP contribution in [0.1, 0.15) is 17.0 Å². The molecule has 0 atom stereocenters. The largest absolute Gasteiger partial charge is 0.492 e. The highest BCUT2D eigenvalue weighted by molar-refractivity contribution is 7.99. The van der Waals surface area contributed by atoms with Crippen LogP contribution >= 0.6 is 11.8 Å². The lowest BCUT2D eigenvalue weighted by Crippen LogP contribution is -2.32. The van der Waals surface area contributed by atoms with Crippen LogP contribution in [-0.2, 0) is 4.79 Å².